The predicted octanol–water partition coefficient (Wildman–Crippen LogP) is 0.941. The van der Waals surface area contributed by atoms with Crippen LogP contribution >= 0.6 is 0 Å². The van der Waals surface area contributed by atoms with E-state index < -0.39 is 0 Å². The molecule has 16 heavy (non-hydrogen) atoms. The molecule has 0 aromatic carbocycles. The normalized spacial score (nSPS) is 10.4. The fraction of sp³-hybridized carbons (Fsp3) is 0.636. The second kappa shape index (κ2) is 6.27. The Balaban J connectivity index is 2.34. The molecule has 0 aliphatic heterocycles. The van der Waals surface area contributed by atoms with E-state index in [-0.39, 0.29) is 5.91 Å². The first-order valence-electron chi connectivity index (χ1n) is 5.50. The fourth-order valence-corrected chi connectivity index (χ4v) is 1.33. The van der Waals surface area contributed by atoms with Gasteiger partial charge in [0.2, 0.25) is 5.91 Å². The minimum absolute atomic E-state index is 0.0640. The average molecular weight is 225 g/mol. The van der Waals surface area contributed by atoms with Crippen molar-refractivity contribution in [2.45, 2.75) is 26.8 Å². The van der Waals surface area contributed by atoms with Gasteiger partial charge in [0.15, 0.2) is 0 Å². The molecule has 90 valence electrons. The lowest BCUT2D eigenvalue weighted by Crippen LogP contribution is -2.35. The molecule has 0 aliphatic rings. The molecule has 0 fully saturated rings. The molecule has 1 amide bonds. The van der Waals surface area contributed by atoms with Gasteiger partial charge < -0.3 is 14.7 Å². The second-order valence-corrected chi connectivity index (χ2v) is 3.86. The fourth-order valence-electron chi connectivity index (χ4n) is 1.33. The zero-order valence-electron chi connectivity index (χ0n) is 10.1. The van der Waals surface area contributed by atoms with Crippen molar-refractivity contribution in [3.8, 4) is 0 Å². The zero-order chi connectivity index (χ0) is 12.0. The first-order valence-corrected chi connectivity index (χ1v) is 5.50. The molecule has 5 nitrogen and oxygen atoms in total. The van der Waals surface area contributed by atoms with E-state index in [1.165, 1.54) is 0 Å². The van der Waals surface area contributed by atoms with E-state index >= 15 is 0 Å². The Kier molecular flexibility index (Phi) is 4.98. The Bertz CT molecular complexity index is 336. The summed E-state index contributed by atoms with van der Waals surface area (Å²) in [5.74, 6) is 0.828. The van der Waals surface area contributed by atoms with Crippen molar-refractivity contribution in [1.82, 2.24) is 15.4 Å². The van der Waals surface area contributed by atoms with Crippen LogP contribution in [0.15, 0.2) is 10.6 Å². The topological polar surface area (TPSA) is 58.4 Å². The Labute approximate surface area is 95.8 Å². The maximum atomic E-state index is 11.6. The van der Waals surface area contributed by atoms with Gasteiger partial charge in [0.05, 0.1) is 13.1 Å². The number of amides is 1. The van der Waals surface area contributed by atoms with Gasteiger partial charge in [0, 0.05) is 13.1 Å². The first kappa shape index (κ1) is 12.7. The summed E-state index contributed by atoms with van der Waals surface area (Å²) in [6.07, 6.45) is 1.03. The number of nitrogens with zero attached hydrogens (tertiary/aromatic N) is 2. The quantitative estimate of drug-likeness (QED) is 0.732. The van der Waals surface area contributed by atoms with Crippen LogP contribution in [0.5, 0.6) is 0 Å². The summed E-state index contributed by atoms with van der Waals surface area (Å²) >= 11 is 0. The number of aryl methyl sites for hydroxylation is 1. The second-order valence-electron chi connectivity index (χ2n) is 3.86. The number of hydrogen-bond donors (Lipinski definition) is 1. The first-order chi connectivity index (χ1) is 7.63. The predicted molar refractivity (Wildman–Crippen MR) is 60.9 cm³/mol. The van der Waals surface area contributed by atoms with Crippen molar-refractivity contribution >= 4 is 5.91 Å². The highest BCUT2D eigenvalue weighted by atomic mass is 16.5. The Hall–Kier alpha value is -1.36. The highest BCUT2D eigenvalue weighted by molar-refractivity contribution is 5.77. The highest BCUT2D eigenvalue weighted by Crippen LogP contribution is 2.04. The van der Waals surface area contributed by atoms with Gasteiger partial charge in [-0.3, -0.25) is 4.79 Å². The molecule has 0 atom stereocenters. The zero-order valence-corrected chi connectivity index (χ0v) is 10.1. The Morgan fingerprint density at radius 1 is 1.62 bits per heavy atom. The molecule has 0 saturated carbocycles. The van der Waals surface area contributed by atoms with Gasteiger partial charge >= 0.3 is 0 Å². The molecule has 1 rings (SSSR count). The number of hydrogen-bond acceptors (Lipinski definition) is 4. The van der Waals surface area contributed by atoms with Gasteiger partial charge in [-0.1, -0.05) is 12.1 Å². The number of likely N-dealkylation sites (N-methyl/N-ethyl adjacent to an activating group) is 1. The summed E-state index contributed by atoms with van der Waals surface area (Å²) in [5.41, 5.74) is 0.781. The molecule has 1 aromatic heterocycles. The van der Waals surface area contributed by atoms with Crippen LogP contribution in [0.25, 0.3) is 0 Å². The van der Waals surface area contributed by atoms with E-state index in [4.69, 9.17) is 4.52 Å². The van der Waals surface area contributed by atoms with Crippen LogP contribution in [-0.4, -0.2) is 36.1 Å². The van der Waals surface area contributed by atoms with Gasteiger partial charge in [-0.05, 0) is 19.9 Å². The van der Waals surface area contributed by atoms with Gasteiger partial charge in [0.1, 0.15) is 11.5 Å². The van der Waals surface area contributed by atoms with E-state index in [1.807, 2.05) is 13.0 Å². The molecule has 0 bridgehead atoms. The molecule has 1 aromatic rings. The lowest BCUT2D eigenvalue weighted by Gasteiger charge is -2.15. The van der Waals surface area contributed by atoms with E-state index in [2.05, 4.69) is 17.4 Å². The van der Waals surface area contributed by atoms with Crippen molar-refractivity contribution in [1.29, 1.82) is 0 Å². The lowest BCUT2D eigenvalue weighted by atomic mass is 10.3. The average Bonchev–Trinajstić information content (AvgIpc) is 2.64. The van der Waals surface area contributed by atoms with E-state index in [0.717, 1.165) is 24.4 Å². The summed E-state index contributed by atoms with van der Waals surface area (Å²) < 4.78 is 4.94. The molecule has 0 saturated heterocycles. The summed E-state index contributed by atoms with van der Waals surface area (Å²) in [5, 5.41) is 6.92. The smallest absolute Gasteiger partial charge is 0.236 e. The van der Waals surface area contributed by atoms with Crippen LogP contribution in [0, 0.1) is 6.92 Å². The van der Waals surface area contributed by atoms with E-state index in [9.17, 15) is 4.79 Å². The molecule has 1 heterocycles. The molecule has 0 spiro atoms. The van der Waals surface area contributed by atoms with Crippen LogP contribution in [-0.2, 0) is 11.3 Å². The molecular weight excluding hydrogens is 206 g/mol. The maximum absolute atomic E-state index is 11.6. The number of nitrogens with one attached hydrogen (secondary N) is 1. The molecule has 1 N–H and O–H groups in total. The summed E-state index contributed by atoms with van der Waals surface area (Å²) in [6.45, 7) is 5.63. The van der Waals surface area contributed by atoms with Gasteiger partial charge in [-0.25, -0.2) is 0 Å². The number of carbonyl (C=O) groups is 1. The minimum atomic E-state index is 0.0640. The van der Waals surface area contributed by atoms with E-state index in [0.29, 0.717) is 13.1 Å². The number of carbonyl (C=O) groups excluding carboxylic acids is 1. The van der Waals surface area contributed by atoms with Crippen molar-refractivity contribution in [3.05, 3.63) is 17.5 Å². The van der Waals surface area contributed by atoms with Gasteiger partial charge in [-0.15, -0.1) is 0 Å². The van der Waals surface area contributed by atoms with Crippen LogP contribution < -0.4 is 5.32 Å². The monoisotopic (exact) mass is 225 g/mol. The van der Waals surface area contributed by atoms with Crippen LogP contribution in [0.2, 0.25) is 0 Å². The van der Waals surface area contributed by atoms with Crippen LogP contribution in [0.4, 0.5) is 0 Å². The molecule has 0 aliphatic carbocycles. The van der Waals surface area contributed by atoms with Crippen molar-refractivity contribution in [2.75, 3.05) is 20.1 Å². The van der Waals surface area contributed by atoms with Crippen molar-refractivity contribution in [3.63, 3.8) is 0 Å². The van der Waals surface area contributed by atoms with Crippen molar-refractivity contribution in [2.24, 2.45) is 0 Å². The lowest BCUT2D eigenvalue weighted by molar-refractivity contribution is -0.129. The van der Waals surface area contributed by atoms with Gasteiger partial charge in [-0.2, -0.15) is 0 Å². The third kappa shape index (κ3) is 4.02. The third-order valence-corrected chi connectivity index (χ3v) is 2.20. The minimum Gasteiger partial charge on any atom is -0.361 e. The van der Waals surface area contributed by atoms with Crippen LogP contribution in [0.1, 0.15) is 24.8 Å². The Morgan fingerprint density at radius 2 is 2.38 bits per heavy atom. The number of aromatic nitrogens is 1. The Morgan fingerprint density at radius 3 is 2.94 bits per heavy atom. The highest BCUT2D eigenvalue weighted by Gasteiger charge is 2.10. The van der Waals surface area contributed by atoms with E-state index in [1.54, 1.807) is 11.9 Å². The van der Waals surface area contributed by atoms with Gasteiger partial charge in [0.25, 0.3) is 0 Å². The summed E-state index contributed by atoms with van der Waals surface area (Å²) in [7, 11) is 1.76. The van der Waals surface area contributed by atoms with Crippen molar-refractivity contribution < 1.29 is 9.32 Å². The molecule has 5 heteroatoms. The molecule has 0 radical (unpaired) electrons. The SMILES string of the molecule is CCCNCC(=O)N(C)Cc1cc(C)on1. The molecule has 0 unspecified atom stereocenters. The van der Waals surface area contributed by atoms with Crippen LogP contribution in [0.3, 0.4) is 0 Å². The maximum Gasteiger partial charge on any atom is 0.236 e. The third-order valence-electron chi connectivity index (χ3n) is 2.20. The largest absolute Gasteiger partial charge is 0.361 e. The number of rotatable bonds is 6. The standard InChI is InChI=1S/C11H19N3O2/c1-4-5-12-7-11(15)14(3)8-10-6-9(2)16-13-10/h6,12H,4-5,7-8H2,1-3H3. The summed E-state index contributed by atoms with van der Waals surface area (Å²) in [4.78, 5) is 13.3. The summed E-state index contributed by atoms with van der Waals surface area (Å²) in [6, 6.07) is 1.84. The molecular formula is C11H19N3O2.